The highest BCUT2D eigenvalue weighted by Crippen LogP contribution is 2.27. The van der Waals surface area contributed by atoms with Gasteiger partial charge in [0, 0.05) is 12.6 Å². The normalized spacial score (nSPS) is 21.4. The Morgan fingerprint density at radius 2 is 1.88 bits per heavy atom. The molecule has 1 aliphatic rings. The monoisotopic (exact) mass is 333 g/mol. The standard InChI is InChI=1S/C20H31NO3/c1-15(2)18(22)14-20(24)21-12-8-4-7-11-17(21)13-19(23)16-9-5-3-6-10-16/h3,5-6,9-10,15,17-19,22-23H,4,7-8,11-14H2,1-2H3. The second-order valence-corrected chi connectivity index (χ2v) is 7.27. The van der Waals surface area contributed by atoms with Crippen molar-refractivity contribution >= 4 is 5.91 Å². The van der Waals surface area contributed by atoms with Crippen LogP contribution in [0.1, 0.15) is 64.0 Å². The molecular formula is C20H31NO3. The number of nitrogens with zero attached hydrogens (tertiary/aromatic N) is 1. The number of amides is 1. The van der Waals surface area contributed by atoms with Crippen molar-refractivity contribution in [3.8, 4) is 0 Å². The Kier molecular flexibility index (Phi) is 7.25. The largest absolute Gasteiger partial charge is 0.392 e. The maximum Gasteiger partial charge on any atom is 0.225 e. The van der Waals surface area contributed by atoms with E-state index in [-0.39, 0.29) is 24.3 Å². The third-order valence-corrected chi connectivity index (χ3v) is 5.03. The third kappa shape index (κ3) is 5.32. The Morgan fingerprint density at radius 1 is 1.17 bits per heavy atom. The number of hydrogen-bond donors (Lipinski definition) is 2. The summed E-state index contributed by atoms with van der Waals surface area (Å²) in [6.45, 7) is 4.59. The summed E-state index contributed by atoms with van der Waals surface area (Å²) in [7, 11) is 0. The second kappa shape index (κ2) is 9.19. The zero-order valence-corrected chi connectivity index (χ0v) is 14.9. The fourth-order valence-corrected chi connectivity index (χ4v) is 3.35. The van der Waals surface area contributed by atoms with E-state index < -0.39 is 12.2 Å². The average Bonchev–Trinajstić information content (AvgIpc) is 2.81. The summed E-state index contributed by atoms with van der Waals surface area (Å²) in [6.07, 6.45) is 3.72. The number of benzene rings is 1. The summed E-state index contributed by atoms with van der Waals surface area (Å²) in [5, 5.41) is 20.6. The predicted molar refractivity (Wildman–Crippen MR) is 95.4 cm³/mol. The number of hydrogen-bond acceptors (Lipinski definition) is 3. The first-order valence-corrected chi connectivity index (χ1v) is 9.19. The van der Waals surface area contributed by atoms with Gasteiger partial charge in [-0.1, -0.05) is 57.0 Å². The van der Waals surface area contributed by atoms with Gasteiger partial charge in [-0.15, -0.1) is 0 Å². The van der Waals surface area contributed by atoms with Crippen molar-refractivity contribution in [1.82, 2.24) is 4.90 Å². The fraction of sp³-hybridized carbons (Fsp3) is 0.650. The summed E-state index contributed by atoms with van der Waals surface area (Å²) in [4.78, 5) is 14.6. The molecule has 0 radical (unpaired) electrons. The molecule has 2 rings (SSSR count). The summed E-state index contributed by atoms with van der Waals surface area (Å²) in [5.41, 5.74) is 0.899. The smallest absolute Gasteiger partial charge is 0.225 e. The Hall–Kier alpha value is -1.39. The molecule has 0 saturated carbocycles. The number of rotatable bonds is 6. The van der Waals surface area contributed by atoms with Gasteiger partial charge in [0.05, 0.1) is 18.6 Å². The molecule has 24 heavy (non-hydrogen) atoms. The van der Waals surface area contributed by atoms with Crippen molar-refractivity contribution < 1.29 is 15.0 Å². The molecule has 0 aromatic heterocycles. The number of aliphatic hydroxyl groups is 2. The lowest BCUT2D eigenvalue weighted by molar-refractivity contribution is -0.136. The predicted octanol–water partition coefficient (Wildman–Crippen LogP) is 3.29. The van der Waals surface area contributed by atoms with Crippen molar-refractivity contribution in [2.24, 2.45) is 5.92 Å². The highest BCUT2D eigenvalue weighted by atomic mass is 16.3. The molecule has 4 nitrogen and oxygen atoms in total. The third-order valence-electron chi connectivity index (χ3n) is 5.03. The van der Waals surface area contributed by atoms with E-state index in [1.807, 2.05) is 49.1 Å². The van der Waals surface area contributed by atoms with E-state index in [1.54, 1.807) is 0 Å². The molecule has 1 aliphatic heterocycles. The van der Waals surface area contributed by atoms with E-state index in [2.05, 4.69) is 0 Å². The SMILES string of the molecule is CC(C)C(O)CC(=O)N1CCCCCC1CC(O)c1ccccc1. The van der Waals surface area contributed by atoms with Crippen LogP contribution in [0.25, 0.3) is 0 Å². The van der Waals surface area contributed by atoms with Crippen LogP contribution < -0.4 is 0 Å². The summed E-state index contributed by atoms with van der Waals surface area (Å²) >= 11 is 0. The molecule has 3 atom stereocenters. The van der Waals surface area contributed by atoms with Gasteiger partial charge in [-0.05, 0) is 30.7 Å². The Morgan fingerprint density at radius 3 is 2.54 bits per heavy atom. The highest BCUT2D eigenvalue weighted by Gasteiger charge is 2.29. The van der Waals surface area contributed by atoms with E-state index in [9.17, 15) is 15.0 Å². The molecule has 1 aromatic carbocycles. The fourth-order valence-electron chi connectivity index (χ4n) is 3.35. The van der Waals surface area contributed by atoms with Gasteiger partial charge in [-0.2, -0.15) is 0 Å². The van der Waals surface area contributed by atoms with Gasteiger partial charge in [0.1, 0.15) is 0 Å². The maximum absolute atomic E-state index is 12.7. The highest BCUT2D eigenvalue weighted by molar-refractivity contribution is 5.77. The van der Waals surface area contributed by atoms with Gasteiger partial charge < -0.3 is 15.1 Å². The molecule has 0 aliphatic carbocycles. The number of aliphatic hydroxyl groups excluding tert-OH is 2. The average molecular weight is 333 g/mol. The minimum Gasteiger partial charge on any atom is -0.392 e. The van der Waals surface area contributed by atoms with Crippen LogP contribution >= 0.6 is 0 Å². The van der Waals surface area contributed by atoms with Crippen LogP contribution in [0, 0.1) is 5.92 Å². The Balaban J connectivity index is 2.04. The van der Waals surface area contributed by atoms with Crippen LogP contribution in [0.15, 0.2) is 30.3 Å². The van der Waals surface area contributed by atoms with Crippen LogP contribution in [0.2, 0.25) is 0 Å². The van der Waals surface area contributed by atoms with Crippen LogP contribution in [-0.2, 0) is 4.79 Å². The van der Waals surface area contributed by atoms with Crippen molar-refractivity contribution in [2.45, 2.75) is 70.6 Å². The summed E-state index contributed by atoms with van der Waals surface area (Å²) in [5.74, 6) is 0.0950. The molecule has 3 unspecified atom stereocenters. The molecule has 2 N–H and O–H groups in total. The zero-order chi connectivity index (χ0) is 17.5. The molecule has 134 valence electrons. The minimum atomic E-state index is -0.597. The van der Waals surface area contributed by atoms with Gasteiger partial charge in [0.15, 0.2) is 0 Å². The molecule has 1 heterocycles. The van der Waals surface area contributed by atoms with Gasteiger partial charge >= 0.3 is 0 Å². The van der Waals surface area contributed by atoms with Crippen molar-refractivity contribution in [3.05, 3.63) is 35.9 Å². The molecule has 0 spiro atoms. The van der Waals surface area contributed by atoms with E-state index in [1.165, 1.54) is 0 Å². The zero-order valence-electron chi connectivity index (χ0n) is 14.9. The van der Waals surface area contributed by atoms with Gasteiger partial charge in [0.25, 0.3) is 0 Å². The lowest BCUT2D eigenvalue weighted by atomic mass is 9.97. The number of carbonyl (C=O) groups is 1. The van der Waals surface area contributed by atoms with E-state index in [0.717, 1.165) is 37.8 Å². The van der Waals surface area contributed by atoms with Crippen LogP contribution in [0.4, 0.5) is 0 Å². The summed E-state index contributed by atoms with van der Waals surface area (Å²) < 4.78 is 0. The second-order valence-electron chi connectivity index (χ2n) is 7.27. The van der Waals surface area contributed by atoms with Gasteiger partial charge in [0.2, 0.25) is 5.91 Å². The first kappa shape index (κ1) is 18.9. The maximum atomic E-state index is 12.7. The molecular weight excluding hydrogens is 302 g/mol. The lowest BCUT2D eigenvalue weighted by Gasteiger charge is -2.32. The molecule has 1 aromatic rings. The van der Waals surface area contributed by atoms with Crippen molar-refractivity contribution in [3.63, 3.8) is 0 Å². The molecule has 1 amide bonds. The lowest BCUT2D eigenvalue weighted by Crippen LogP contribution is -2.42. The van der Waals surface area contributed by atoms with Crippen molar-refractivity contribution in [1.29, 1.82) is 0 Å². The van der Waals surface area contributed by atoms with Gasteiger partial charge in [-0.3, -0.25) is 4.79 Å². The number of likely N-dealkylation sites (tertiary alicyclic amines) is 1. The van der Waals surface area contributed by atoms with E-state index in [0.29, 0.717) is 6.42 Å². The van der Waals surface area contributed by atoms with Gasteiger partial charge in [-0.25, -0.2) is 0 Å². The first-order chi connectivity index (χ1) is 11.5. The number of carbonyl (C=O) groups excluding carboxylic acids is 1. The Bertz CT molecular complexity index is 503. The quantitative estimate of drug-likeness (QED) is 0.840. The molecule has 4 heteroatoms. The van der Waals surface area contributed by atoms with Crippen LogP contribution in [0.5, 0.6) is 0 Å². The topological polar surface area (TPSA) is 60.8 Å². The Labute approximate surface area is 145 Å². The van der Waals surface area contributed by atoms with E-state index >= 15 is 0 Å². The van der Waals surface area contributed by atoms with Crippen LogP contribution in [0.3, 0.4) is 0 Å². The molecule has 1 saturated heterocycles. The minimum absolute atomic E-state index is 0.0170. The summed E-state index contributed by atoms with van der Waals surface area (Å²) in [6, 6.07) is 9.69. The van der Waals surface area contributed by atoms with Crippen LogP contribution in [-0.4, -0.2) is 39.7 Å². The molecule has 1 fully saturated rings. The van der Waals surface area contributed by atoms with Crippen molar-refractivity contribution in [2.75, 3.05) is 6.54 Å². The van der Waals surface area contributed by atoms with E-state index in [4.69, 9.17) is 0 Å². The first-order valence-electron chi connectivity index (χ1n) is 9.19. The molecule has 0 bridgehead atoms.